The third-order valence-corrected chi connectivity index (χ3v) is 3.90. The Bertz CT molecular complexity index is 673. The van der Waals surface area contributed by atoms with E-state index in [9.17, 15) is 4.79 Å². The predicted octanol–water partition coefficient (Wildman–Crippen LogP) is 2.79. The second kappa shape index (κ2) is 7.13. The topological polar surface area (TPSA) is 51.7 Å². The summed E-state index contributed by atoms with van der Waals surface area (Å²) in [5, 5.41) is 0. The predicted molar refractivity (Wildman–Crippen MR) is 86.2 cm³/mol. The van der Waals surface area contributed by atoms with E-state index in [-0.39, 0.29) is 12.7 Å². The Kier molecular flexibility index (Phi) is 4.76. The molecule has 0 saturated heterocycles. The Morgan fingerprint density at radius 1 is 1.22 bits per heavy atom. The normalized spacial score (nSPS) is 12.2. The number of pyridine rings is 1. The largest absolute Gasteiger partial charge is 0.454 e. The molecule has 0 atom stereocenters. The quantitative estimate of drug-likeness (QED) is 0.823. The first kappa shape index (κ1) is 15.3. The monoisotopic (exact) mass is 312 g/mol. The van der Waals surface area contributed by atoms with Crippen molar-refractivity contribution in [1.82, 2.24) is 9.88 Å². The Morgan fingerprint density at radius 2 is 2.09 bits per heavy atom. The van der Waals surface area contributed by atoms with Crippen molar-refractivity contribution in [3.63, 3.8) is 0 Å². The lowest BCUT2D eigenvalue weighted by Gasteiger charge is -2.21. The van der Waals surface area contributed by atoms with Gasteiger partial charge in [-0.05, 0) is 42.7 Å². The zero-order valence-electron chi connectivity index (χ0n) is 13.2. The smallest absolute Gasteiger partial charge is 0.231 e. The summed E-state index contributed by atoms with van der Waals surface area (Å²) >= 11 is 0. The Hall–Kier alpha value is -2.56. The van der Waals surface area contributed by atoms with E-state index in [0.29, 0.717) is 25.9 Å². The lowest BCUT2D eigenvalue weighted by Crippen LogP contribution is -2.30. The maximum Gasteiger partial charge on any atom is 0.231 e. The van der Waals surface area contributed by atoms with Crippen molar-refractivity contribution >= 4 is 5.91 Å². The Labute approximate surface area is 135 Å². The molecule has 1 aliphatic heterocycles. The van der Waals surface area contributed by atoms with Gasteiger partial charge in [0.05, 0.1) is 0 Å². The second-order valence-corrected chi connectivity index (χ2v) is 5.46. The number of aryl methyl sites for hydroxylation is 1. The number of ether oxygens (including phenoxy) is 2. The van der Waals surface area contributed by atoms with E-state index in [0.717, 1.165) is 22.6 Å². The molecule has 2 aromatic rings. The highest BCUT2D eigenvalue weighted by Gasteiger charge is 2.16. The molecule has 3 rings (SSSR count). The average Bonchev–Trinajstić information content (AvgIpc) is 3.06. The summed E-state index contributed by atoms with van der Waals surface area (Å²) in [6.07, 6.45) is 4.75. The van der Waals surface area contributed by atoms with Gasteiger partial charge in [0.1, 0.15) is 0 Å². The van der Waals surface area contributed by atoms with Crippen LogP contribution in [0.1, 0.15) is 24.5 Å². The van der Waals surface area contributed by atoms with E-state index < -0.39 is 0 Å². The summed E-state index contributed by atoms with van der Waals surface area (Å²) < 4.78 is 10.7. The lowest BCUT2D eigenvalue weighted by atomic mass is 10.1. The molecule has 23 heavy (non-hydrogen) atoms. The molecule has 5 nitrogen and oxygen atoms in total. The van der Waals surface area contributed by atoms with Gasteiger partial charge < -0.3 is 14.4 Å². The van der Waals surface area contributed by atoms with Crippen LogP contribution in [0.2, 0.25) is 0 Å². The summed E-state index contributed by atoms with van der Waals surface area (Å²) in [5.74, 6) is 1.66. The first-order valence-corrected chi connectivity index (χ1v) is 7.81. The van der Waals surface area contributed by atoms with Gasteiger partial charge >= 0.3 is 0 Å². The van der Waals surface area contributed by atoms with Crippen molar-refractivity contribution in [2.75, 3.05) is 13.3 Å². The fourth-order valence-corrected chi connectivity index (χ4v) is 2.59. The number of amides is 1. The molecule has 1 aliphatic rings. The van der Waals surface area contributed by atoms with Gasteiger partial charge in [-0.2, -0.15) is 0 Å². The van der Waals surface area contributed by atoms with Crippen LogP contribution in [0, 0.1) is 0 Å². The van der Waals surface area contributed by atoms with Gasteiger partial charge in [-0.3, -0.25) is 9.78 Å². The van der Waals surface area contributed by atoms with Crippen LogP contribution in [0.4, 0.5) is 0 Å². The molecule has 5 heteroatoms. The number of hydrogen-bond donors (Lipinski definition) is 0. The highest BCUT2D eigenvalue weighted by molar-refractivity contribution is 5.76. The second-order valence-electron chi connectivity index (χ2n) is 5.46. The maximum absolute atomic E-state index is 12.4. The number of aromatic nitrogens is 1. The first-order chi connectivity index (χ1) is 11.3. The summed E-state index contributed by atoms with van der Waals surface area (Å²) in [6, 6.07) is 9.70. The van der Waals surface area contributed by atoms with Crippen LogP contribution in [0.25, 0.3) is 0 Å². The van der Waals surface area contributed by atoms with Crippen molar-refractivity contribution in [2.24, 2.45) is 0 Å². The van der Waals surface area contributed by atoms with Gasteiger partial charge in [0.2, 0.25) is 12.7 Å². The molecule has 0 fully saturated rings. The number of carbonyl (C=O) groups excluding carboxylic acids is 1. The van der Waals surface area contributed by atoms with Crippen LogP contribution in [0.3, 0.4) is 0 Å². The molecule has 0 saturated carbocycles. The highest BCUT2D eigenvalue weighted by atomic mass is 16.7. The van der Waals surface area contributed by atoms with E-state index in [1.54, 1.807) is 12.4 Å². The average molecular weight is 312 g/mol. The Balaban J connectivity index is 1.59. The summed E-state index contributed by atoms with van der Waals surface area (Å²) in [6.45, 7) is 3.52. The van der Waals surface area contributed by atoms with E-state index in [2.05, 4.69) is 4.98 Å². The summed E-state index contributed by atoms with van der Waals surface area (Å²) in [4.78, 5) is 18.4. The number of hydrogen-bond acceptors (Lipinski definition) is 4. The zero-order chi connectivity index (χ0) is 16.1. The van der Waals surface area contributed by atoms with Crippen LogP contribution < -0.4 is 9.47 Å². The molecule has 0 spiro atoms. The molecule has 2 heterocycles. The van der Waals surface area contributed by atoms with E-state index >= 15 is 0 Å². The van der Waals surface area contributed by atoms with Gasteiger partial charge in [0, 0.05) is 31.9 Å². The van der Waals surface area contributed by atoms with Crippen LogP contribution >= 0.6 is 0 Å². The van der Waals surface area contributed by atoms with Gasteiger partial charge in [-0.1, -0.05) is 12.1 Å². The van der Waals surface area contributed by atoms with Crippen LogP contribution in [-0.2, 0) is 17.8 Å². The van der Waals surface area contributed by atoms with Crippen LogP contribution in [0.5, 0.6) is 11.5 Å². The van der Waals surface area contributed by atoms with Gasteiger partial charge in [0.25, 0.3) is 0 Å². The lowest BCUT2D eigenvalue weighted by molar-refractivity contribution is -0.131. The molecule has 1 aromatic heterocycles. The minimum atomic E-state index is 0.147. The number of rotatable bonds is 6. The minimum Gasteiger partial charge on any atom is -0.454 e. The van der Waals surface area contributed by atoms with Crippen molar-refractivity contribution < 1.29 is 14.3 Å². The van der Waals surface area contributed by atoms with Crippen LogP contribution in [0.15, 0.2) is 42.7 Å². The van der Waals surface area contributed by atoms with Crippen LogP contribution in [-0.4, -0.2) is 29.1 Å². The van der Waals surface area contributed by atoms with E-state index in [1.807, 2.05) is 42.2 Å². The molecule has 120 valence electrons. The first-order valence-electron chi connectivity index (χ1n) is 7.81. The molecular formula is C18H20N2O3. The van der Waals surface area contributed by atoms with Gasteiger partial charge in [-0.25, -0.2) is 0 Å². The molecule has 1 amide bonds. The van der Waals surface area contributed by atoms with Crippen molar-refractivity contribution in [3.8, 4) is 11.5 Å². The van der Waals surface area contributed by atoms with Gasteiger partial charge in [-0.15, -0.1) is 0 Å². The molecule has 0 bridgehead atoms. The summed E-state index contributed by atoms with van der Waals surface area (Å²) in [7, 11) is 0. The standard InChI is InChI=1S/C18H20N2O3/c1-2-20(18(21)8-6-14-4-3-9-19-11-14)12-15-5-7-16-17(10-15)23-13-22-16/h3-5,7,9-11H,2,6,8,12-13H2,1H3. The van der Waals surface area contributed by atoms with E-state index in [4.69, 9.17) is 9.47 Å². The van der Waals surface area contributed by atoms with Crippen molar-refractivity contribution in [1.29, 1.82) is 0 Å². The van der Waals surface area contributed by atoms with E-state index in [1.165, 1.54) is 0 Å². The number of fused-ring (bicyclic) bond motifs is 1. The fourth-order valence-electron chi connectivity index (χ4n) is 2.59. The molecule has 0 N–H and O–H groups in total. The highest BCUT2D eigenvalue weighted by Crippen LogP contribution is 2.32. The van der Waals surface area contributed by atoms with Crippen molar-refractivity contribution in [3.05, 3.63) is 53.9 Å². The zero-order valence-corrected chi connectivity index (χ0v) is 13.2. The fraction of sp³-hybridized carbons (Fsp3) is 0.333. The number of carbonyl (C=O) groups is 1. The molecule has 0 aliphatic carbocycles. The maximum atomic E-state index is 12.4. The molecular weight excluding hydrogens is 292 g/mol. The third kappa shape index (κ3) is 3.80. The Morgan fingerprint density at radius 3 is 2.87 bits per heavy atom. The van der Waals surface area contributed by atoms with Crippen molar-refractivity contribution in [2.45, 2.75) is 26.3 Å². The number of nitrogens with zero attached hydrogens (tertiary/aromatic N) is 2. The number of benzene rings is 1. The molecule has 0 radical (unpaired) electrons. The van der Waals surface area contributed by atoms with Gasteiger partial charge in [0.15, 0.2) is 11.5 Å². The minimum absolute atomic E-state index is 0.147. The molecule has 1 aromatic carbocycles. The summed E-state index contributed by atoms with van der Waals surface area (Å²) in [5.41, 5.74) is 2.13. The molecule has 0 unspecified atom stereocenters. The third-order valence-electron chi connectivity index (χ3n) is 3.90. The SMILES string of the molecule is CCN(Cc1ccc2c(c1)OCO2)C(=O)CCc1cccnc1.